The van der Waals surface area contributed by atoms with E-state index in [0.717, 1.165) is 30.3 Å². The highest BCUT2D eigenvalue weighted by atomic mass is 32.1. The van der Waals surface area contributed by atoms with Gasteiger partial charge >= 0.3 is 0 Å². The van der Waals surface area contributed by atoms with Crippen molar-refractivity contribution >= 4 is 28.7 Å². The van der Waals surface area contributed by atoms with Crippen LogP contribution in [-0.4, -0.2) is 36.2 Å². The Morgan fingerprint density at radius 2 is 1.96 bits per heavy atom. The van der Waals surface area contributed by atoms with Gasteiger partial charge in [0.2, 0.25) is 0 Å². The number of piperidine rings is 1. The van der Waals surface area contributed by atoms with E-state index in [9.17, 15) is 0 Å². The van der Waals surface area contributed by atoms with Gasteiger partial charge in [-0.2, -0.15) is 0 Å². The minimum absolute atomic E-state index is 0.460. The molecule has 4 rings (SSSR count). The van der Waals surface area contributed by atoms with Crippen molar-refractivity contribution in [3.05, 3.63) is 59.7 Å². The van der Waals surface area contributed by atoms with Crippen LogP contribution in [0.4, 0.5) is 11.4 Å². The number of para-hydroxylation sites is 1. The first kappa shape index (κ1) is 15.6. The van der Waals surface area contributed by atoms with Crippen molar-refractivity contribution in [3.63, 3.8) is 0 Å². The van der Waals surface area contributed by atoms with E-state index >= 15 is 0 Å². The van der Waals surface area contributed by atoms with E-state index in [1.807, 2.05) is 18.2 Å². The zero-order chi connectivity index (χ0) is 16.7. The number of aryl methyl sites for hydroxylation is 1. The summed E-state index contributed by atoms with van der Waals surface area (Å²) in [5, 5.41) is 4.24. The van der Waals surface area contributed by atoms with Crippen molar-refractivity contribution in [1.82, 2.24) is 4.90 Å². The van der Waals surface area contributed by atoms with Crippen LogP contribution in [0.3, 0.4) is 0 Å². The van der Waals surface area contributed by atoms with Gasteiger partial charge in [0.05, 0.1) is 0 Å². The second kappa shape index (κ2) is 6.19. The summed E-state index contributed by atoms with van der Waals surface area (Å²) in [7, 11) is 2.22. The predicted molar refractivity (Wildman–Crippen MR) is 105 cm³/mol. The van der Waals surface area contributed by atoms with Crippen LogP contribution >= 0.6 is 12.2 Å². The molecule has 2 aromatic rings. The van der Waals surface area contributed by atoms with Crippen molar-refractivity contribution in [2.45, 2.75) is 25.3 Å². The smallest absolute Gasteiger partial charge is 0.178 e. The van der Waals surface area contributed by atoms with Gasteiger partial charge in [0.1, 0.15) is 0 Å². The number of rotatable bonds is 1. The molecule has 0 unspecified atom stereocenters. The quantitative estimate of drug-likeness (QED) is 0.793. The molecule has 2 aliphatic heterocycles. The first-order valence-corrected chi connectivity index (χ1v) is 8.98. The second-order valence-electron chi connectivity index (χ2n) is 6.95. The third-order valence-electron chi connectivity index (χ3n) is 5.20. The molecule has 0 saturated carbocycles. The van der Waals surface area contributed by atoms with Crippen LogP contribution in [0, 0.1) is 6.92 Å². The third kappa shape index (κ3) is 2.70. The average molecular weight is 337 g/mol. The topological polar surface area (TPSA) is 18.5 Å². The van der Waals surface area contributed by atoms with E-state index in [1.54, 1.807) is 0 Å². The number of hydrogen-bond donors (Lipinski definition) is 1. The first-order chi connectivity index (χ1) is 11.6. The molecule has 2 heterocycles. The minimum Gasteiger partial charge on any atom is -0.332 e. The third-order valence-corrected chi connectivity index (χ3v) is 5.50. The fourth-order valence-electron chi connectivity index (χ4n) is 4.05. The number of anilines is 2. The van der Waals surface area contributed by atoms with Crippen LogP contribution in [-0.2, 0) is 0 Å². The normalized spacial score (nSPS) is 22.8. The molecule has 0 aromatic heterocycles. The van der Waals surface area contributed by atoms with Crippen molar-refractivity contribution in [2.75, 3.05) is 30.4 Å². The van der Waals surface area contributed by atoms with Gasteiger partial charge < -0.3 is 15.1 Å². The van der Waals surface area contributed by atoms with Crippen molar-refractivity contribution in [1.29, 1.82) is 0 Å². The highest BCUT2D eigenvalue weighted by Crippen LogP contribution is 2.45. The number of benzene rings is 2. The monoisotopic (exact) mass is 337 g/mol. The van der Waals surface area contributed by atoms with Crippen LogP contribution in [0.5, 0.6) is 0 Å². The largest absolute Gasteiger partial charge is 0.332 e. The van der Waals surface area contributed by atoms with Gasteiger partial charge in [-0.1, -0.05) is 35.9 Å². The minimum atomic E-state index is 0.460. The Labute approximate surface area is 149 Å². The molecule has 2 atom stereocenters. The number of nitrogens with one attached hydrogen (secondary N) is 1. The van der Waals surface area contributed by atoms with E-state index in [1.165, 1.54) is 16.8 Å². The Balaban J connectivity index is 1.68. The van der Waals surface area contributed by atoms with Gasteiger partial charge in [-0.15, -0.1) is 0 Å². The van der Waals surface area contributed by atoms with Gasteiger partial charge in [0, 0.05) is 29.9 Å². The fourth-order valence-corrected chi connectivity index (χ4v) is 4.40. The Morgan fingerprint density at radius 1 is 1.17 bits per heavy atom. The van der Waals surface area contributed by atoms with Crippen LogP contribution in [0.2, 0.25) is 0 Å². The Morgan fingerprint density at radius 3 is 2.75 bits per heavy atom. The summed E-state index contributed by atoms with van der Waals surface area (Å²) < 4.78 is 0. The predicted octanol–water partition coefficient (Wildman–Crippen LogP) is 4.00. The number of nitrogens with zero attached hydrogens (tertiary/aromatic N) is 2. The van der Waals surface area contributed by atoms with E-state index < -0.39 is 0 Å². The molecule has 0 radical (unpaired) electrons. The zero-order valence-electron chi connectivity index (χ0n) is 14.2. The van der Waals surface area contributed by atoms with Gasteiger partial charge in [0.15, 0.2) is 5.11 Å². The van der Waals surface area contributed by atoms with Crippen LogP contribution < -0.4 is 10.2 Å². The first-order valence-electron chi connectivity index (χ1n) is 8.58. The molecule has 24 heavy (non-hydrogen) atoms. The molecule has 0 aliphatic carbocycles. The molecule has 1 fully saturated rings. The molecule has 1 saturated heterocycles. The molecule has 0 spiro atoms. The number of hydrogen-bond acceptors (Lipinski definition) is 2. The van der Waals surface area contributed by atoms with Crippen LogP contribution in [0.15, 0.2) is 48.5 Å². The summed E-state index contributed by atoms with van der Waals surface area (Å²) in [5.41, 5.74) is 5.10. The van der Waals surface area contributed by atoms with Crippen molar-refractivity contribution < 1.29 is 0 Å². The van der Waals surface area contributed by atoms with Crippen LogP contribution in [0.1, 0.15) is 23.5 Å². The number of likely N-dealkylation sites (tertiary alicyclic amines) is 1. The van der Waals surface area contributed by atoms with E-state index in [2.05, 4.69) is 59.4 Å². The van der Waals surface area contributed by atoms with Gasteiger partial charge in [-0.05, 0) is 62.9 Å². The molecule has 0 amide bonds. The van der Waals surface area contributed by atoms with E-state index in [4.69, 9.17) is 12.2 Å². The molecule has 4 heteroatoms. The Kier molecular flexibility index (Phi) is 4.02. The average Bonchev–Trinajstić information content (AvgIpc) is 2.89. The van der Waals surface area contributed by atoms with Crippen molar-refractivity contribution in [2.24, 2.45) is 0 Å². The maximum atomic E-state index is 5.80. The number of likely N-dealkylation sites (N-methyl/N-ethyl adjacent to an activating group) is 1. The van der Waals surface area contributed by atoms with Crippen molar-refractivity contribution in [3.8, 4) is 0 Å². The summed E-state index contributed by atoms with van der Waals surface area (Å²) in [6.07, 6.45) is 1.14. The molecule has 2 aromatic carbocycles. The number of fused-ring (bicyclic) bond motifs is 3. The zero-order valence-corrected chi connectivity index (χ0v) is 15.0. The summed E-state index contributed by atoms with van der Waals surface area (Å²) in [6.45, 7) is 4.40. The SMILES string of the molecule is Cc1ccc2c(c1)[C@@H]1CN(C)CC[C@@H]1N2C(=S)Nc1ccccc1. The lowest BCUT2D eigenvalue weighted by atomic mass is 9.89. The molecule has 3 nitrogen and oxygen atoms in total. The maximum Gasteiger partial charge on any atom is 0.178 e. The second-order valence-corrected chi connectivity index (χ2v) is 7.34. The van der Waals surface area contributed by atoms with E-state index in [-0.39, 0.29) is 0 Å². The number of thiocarbonyl (C=S) groups is 1. The van der Waals surface area contributed by atoms with Gasteiger partial charge in [0.25, 0.3) is 0 Å². The molecule has 0 bridgehead atoms. The lowest BCUT2D eigenvalue weighted by molar-refractivity contribution is 0.237. The van der Waals surface area contributed by atoms with E-state index in [0.29, 0.717) is 12.0 Å². The molecular weight excluding hydrogens is 314 g/mol. The molecule has 1 N–H and O–H groups in total. The highest BCUT2D eigenvalue weighted by molar-refractivity contribution is 7.80. The Hall–Kier alpha value is -1.91. The lowest BCUT2D eigenvalue weighted by Crippen LogP contribution is -2.48. The summed E-state index contributed by atoms with van der Waals surface area (Å²) >= 11 is 5.80. The lowest BCUT2D eigenvalue weighted by Gasteiger charge is -2.37. The fraction of sp³-hybridized carbons (Fsp3) is 0.350. The summed E-state index contributed by atoms with van der Waals surface area (Å²) in [4.78, 5) is 4.79. The van der Waals surface area contributed by atoms with Gasteiger partial charge in [-0.25, -0.2) is 0 Å². The summed E-state index contributed by atoms with van der Waals surface area (Å²) in [6, 6.07) is 17.4. The van der Waals surface area contributed by atoms with Gasteiger partial charge in [-0.3, -0.25) is 0 Å². The maximum absolute atomic E-state index is 5.80. The molecular formula is C20H23N3S. The van der Waals surface area contributed by atoms with Crippen LogP contribution in [0.25, 0.3) is 0 Å². The highest BCUT2D eigenvalue weighted by Gasteiger charge is 2.42. The summed E-state index contributed by atoms with van der Waals surface area (Å²) in [5.74, 6) is 0.536. The molecule has 124 valence electrons. The Bertz CT molecular complexity index is 759. The standard InChI is InChI=1S/C20H23N3S/c1-14-8-9-18-16(12-14)17-13-22(2)11-10-19(17)23(18)20(24)21-15-6-4-3-5-7-15/h3-9,12,17,19H,10-11,13H2,1-2H3,(H,21,24)/t17-,19-/m0/s1. The molecule has 2 aliphatic rings.